The summed E-state index contributed by atoms with van der Waals surface area (Å²) in [5.41, 5.74) is 1.94. The molecule has 72 valence electrons. The first-order valence-corrected chi connectivity index (χ1v) is 4.64. The molecule has 0 saturated carbocycles. The van der Waals surface area contributed by atoms with Crippen molar-refractivity contribution in [2.75, 3.05) is 0 Å². The van der Waals surface area contributed by atoms with Gasteiger partial charge in [-0.1, -0.05) is 13.0 Å². The predicted octanol–water partition coefficient (Wildman–Crippen LogP) is 1.74. The number of hydrogen-bond acceptors (Lipinski definition) is 3. The molecule has 0 amide bonds. The van der Waals surface area contributed by atoms with E-state index >= 15 is 0 Å². The predicted molar refractivity (Wildman–Crippen MR) is 53.7 cm³/mol. The van der Waals surface area contributed by atoms with E-state index in [1.54, 1.807) is 6.20 Å². The molecular formula is C10H12N4. The number of H-pyrrole nitrogens is 1. The maximum atomic E-state index is 4.33. The summed E-state index contributed by atoms with van der Waals surface area (Å²) in [5, 5.41) is 7.00. The van der Waals surface area contributed by atoms with Gasteiger partial charge in [-0.05, 0) is 18.6 Å². The lowest BCUT2D eigenvalue weighted by Crippen LogP contribution is -1.89. The number of hydrogen-bond donors (Lipinski definition) is 1. The molecule has 2 aromatic rings. The first-order chi connectivity index (χ1) is 6.81. The molecule has 0 saturated heterocycles. The molecule has 0 aliphatic carbocycles. The molecule has 0 unspecified atom stereocenters. The number of nitrogens with zero attached hydrogens (tertiary/aromatic N) is 3. The van der Waals surface area contributed by atoms with E-state index in [2.05, 4.69) is 20.2 Å². The number of nitrogens with one attached hydrogen (secondary N) is 1. The second-order valence-corrected chi connectivity index (χ2v) is 3.13. The van der Waals surface area contributed by atoms with Crippen LogP contribution in [0.15, 0.2) is 18.3 Å². The summed E-state index contributed by atoms with van der Waals surface area (Å²) in [7, 11) is 0. The van der Waals surface area contributed by atoms with Gasteiger partial charge in [0.2, 0.25) is 0 Å². The largest absolute Gasteiger partial charge is 0.263 e. The average Bonchev–Trinajstić information content (AvgIpc) is 2.67. The molecule has 2 aromatic heterocycles. The molecule has 4 nitrogen and oxygen atoms in total. The molecule has 1 N–H and O–H groups in total. The summed E-state index contributed by atoms with van der Waals surface area (Å²) in [4.78, 5) is 8.58. The Bertz CT molecular complexity index is 433. The molecule has 0 spiro atoms. The normalized spacial score (nSPS) is 10.4. The molecule has 2 heterocycles. The Hall–Kier alpha value is -1.71. The summed E-state index contributed by atoms with van der Waals surface area (Å²) in [5.74, 6) is 1.57. The third-order valence-electron chi connectivity index (χ3n) is 2.09. The lowest BCUT2D eigenvalue weighted by molar-refractivity contribution is 0.946. The van der Waals surface area contributed by atoms with Crippen LogP contribution in [0.1, 0.15) is 18.3 Å². The zero-order chi connectivity index (χ0) is 9.97. The zero-order valence-electron chi connectivity index (χ0n) is 8.28. The van der Waals surface area contributed by atoms with Crippen molar-refractivity contribution in [1.29, 1.82) is 0 Å². The number of aromatic nitrogens is 4. The monoisotopic (exact) mass is 188 g/mol. The first-order valence-electron chi connectivity index (χ1n) is 4.64. The van der Waals surface area contributed by atoms with Gasteiger partial charge in [-0.15, -0.1) is 0 Å². The molecule has 0 radical (unpaired) electrons. The van der Waals surface area contributed by atoms with Crippen molar-refractivity contribution in [3.05, 3.63) is 29.7 Å². The maximum Gasteiger partial charge on any atom is 0.200 e. The molecular weight excluding hydrogens is 176 g/mol. The van der Waals surface area contributed by atoms with Crippen LogP contribution in [0, 0.1) is 6.92 Å². The standard InChI is InChI=1S/C10H12N4/c1-3-8-12-10(14-13-8)9-7(2)5-4-6-11-9/h4-6H,3H2,1-2H3,(H,12,13,14). The topological polar surface area (TPSA) is 54.5 Å². The van der Waals surface area contributed by atoms with Gasteiger partial charge in [-0.2, -0.15) is 5.10 Å². The molecule has 4 heteroatoms. The minimum Gasteiger partial charge on any atom is -0.263 e. The van der Waals surface area contributed by atoms with E-state index in [-0.39, 0.29) is 0 Å². The Morgan fingerprint density at radius 3 is 2.93 bits per heavy atom. The van der Waals surface area contributed by atoms with Crippen LogP contribution in [0.2, 0.25) is 0 Å². The van der Waals surface area contributed by atoms with E-state index in [4.69, 9.17) is 0 Å². The van der Waals surface area contributed by atoms with Crippen LogP contribution in [0.5, 0.6) is 0 Å². The summed E-state index contributed by atoms with van der Waals surface area (Å²) in [6.45, 7) is 4.04. The summed E-state index contributed by atoms with van der Waals surface area (Å²) in [6, 6.07) is 3.91. The number of aromatic amines is 1. The number of rotatable bonds is 2. The Kier molecular flexibility index (Phi) is 2.26. The van der Waals surface area contributed by atoms with Gasteiger partial charge in [0.1, 0.15) is 11.5 Å². The molecule has 0 atom stereocenters. The highest BCUT2D eigenvalue weighted by Crippen LogP contribution is 2.15. The Morgan fingerprint density at radius 2 is 2.29 bits per heavy atom. The Labute approximate surface area is 82.4 Å². The highest BCUT2D eigenvalue weighted by atomic mass is 15.2. The van der Waals surface area contributed by atoms with E-state index in [0.717, 1.165) is 23.5 Å². The summed E-state index contributed by atoms with van der Waals surface area (Å²) >= 11 is 0. The second kappa shape index (κ2) is 3.57. The van der Waals surface area contributed by atoms with Crippen molar-refractivity contribution in [3.63, 3.8) is 0 Å². The van der Waals surface area contributed by atoms with Gasteiger partial charge < -0.3 is 0 Å². The lowest BCUT2D eigenvalue weighted by atomic mass is 10.2. The molecule has 2 rings (SSSR count). The van der Waals surface area contributed by atoms with E-state index in [1.165, 1.54) is 0 Å². The van der Waals surface area contributed by atoms with Crippen molar-refractivity contribution in [2.24, 2.45) is 0 Å². The molecule has 0 fully saturated rings. The van der Waals surface area contributed by atoms with Crippen LogP contribution >= 0.6 is 0 Å². The Morgan fingerprint density at radius 1 is 1.43 bits per heavy atom. The average molecular weight is 188 g/mol. The highest BCUT2D eigenvalue weighted by Gasteiger charge is 2.07. The van der Waals surface area contributed by atoms with Crippen LogP contribution in [-0.2, 0) is 6.42 Å². The van der Waals surface area contributed by atoms with Crippen LogP contribution < -0.4 is 0 Å². The van der Waals surface area contributed by atoms with Crippen molar-refractivity contribution >= 4 is 0 Å². The molecule has 14 heavy (non-hydrogen) atoms. The fourth-order valence-electron chi connectivity index (χ4n) is 1.28. The van der Waals surface area contributed by atoms with Crippen molar-refractivity contribution in [2.45, 2.75) is 20.3 Å². The zero-order valence-corrected chi connectivity index (χ0v) is 8.28. The van der Waals surface area contributed by atoms with E-state index < -0.39 is 0 Å². The van der Waals surface area contributed by atoms with E-state index in [1.807, 2.05) is 26.0 Å². The van der Waals surface area contributed by atoms with Gasteiger partial charge in [0, 0.05) is 12.6 Å². The molecule has 0 bridgehead atoms. The third-order valence-corrected chi connectivity index (χ3v) is 2.09. The Balaban J connectivity index is 2.44. The SMILES string of the molecule is CCc1nc(-c2ncccc2C)n[nH]1. The van der Waals surface area contributed by atoms with Crippen molar-refractivity contribution in [3.8, 4) is 11.5 Å². The second-order valence-electron chi connectivity index (χ2n) is 3.13. The molecule has 0 aromatic carbocycles. The first kappa shape index (κ1) is 8.87. The minimum absolute atomic E-state index is 0.681. The fraction of sp³-hybridized carbons (Fsp3) is 0.300. The maximum absolute atomic E-state index is 4.33. The fourth-order valence-corrected chi connectivity index (χ4v) is 1.28. The highest BCUT2D eigenvalue weighted by molar-refractivity contribution is 5.53. The van der Waals surface area contributed by atoms with E-state index in [0.29, 0.717) is 5.82 Å². The lowest BCUT2D eigenvalue weighted by Gasteiger charge is -1.97. The van der Waals surface area contributed by atoms with Gasteiger partial charge in [0.25, 0.3) is 0 Å². The number of aryl methyl sites for hydroxylation is 2. The minimum atomic E-state index is 0.681. The smallest absolute Gasteiger partial charge is 0.200 e. The van der Waals surface area contributed by atoms with E-state index in [9.17, 15) is 0 Å². The van der Waals surface area contributed by atoms with Crippen LogP contribution in [0.25, 0.3) is 11.5 Å². The van der Waals surface area contributed by atoms with Gasteiger partial charge in [0.15, 0.2) is 5.82 Å². The van der Waals surface area contributed by atoms with Crippen molar-refractivity contribution < 1.29 is 0 Å². The van der Waals surface area contributed by atoms with Gasteiger partial charge in [-0.25, -0.2) is 4.98 Å². The molecule has 0 aliphatic rings. The summed E-state index contributed by atoms with van der Waals surface area (Å²) in [6.07, 6.45) is 2.61. The quantitative estimate of drug-likeness (QED) is 0.781. The van der Waals surface area contributed by atoms with Crippen LogP contribution in [0.3, 0.4) is 0 Å². The van der Waals surface area contributed by atoms with Crippen LogP contribution in [-0.4, -0.2) is 20.2 Å². The number of pyridine rings is 1. The van der Waals surface area contributed by atoms with Gasteiger partial charge >= 0.3 is 0 Å². The third kappa shape index (κ3) is 1.51. The van der Waals surface area contributed by atoms with Gasteiger partial charge in [0.05, 0.1) is 0 Å². The summed E-state index contributed by atoms with van der Waals surface area (Å²) < 4.78 is 0. The van der Waals surface area contributed by atoms with Crippen LogP contribution in [0.4, 0.5) is 0 Å². The van der Waals surface area contributed by atoms with Gasteiger partial charge in [-0.3, -0.25) is 10.1 Å². The molecule has 0 aliphatic heterocycles. The van der Waals surface area contributed by atoms with Crippen molar-refractivity contribution in [1.82, 2.24) is 20.2 Å².